The molecule has 0 saturated heterocycles. The SMILES string of the molecule is C=C(C)[C@]1(O)Cc2cc3ccccc3cc2[C@@H](O[Si](c2ccccc2)(c2ccccc2)C(C)(C)C)C1. The van der Waals surface area contributed by atoms with Gasteiger partial charge in [0, 0.05) is 12.8 Å². The molecule has 0 amide bonds. The van der Waals surface area contributed by atoms with Crippen molar-refractivity contribution in [3.63, 3.8) is 0 Å². The normalized spacial score (nSPS) is 20.2. The molecule has 4 aromatic carbocycles. The van der Waals surface area contributed by atoms with E-state index in [-0.39, 0.29) is 11.1 Å². The number of hydrogen-bond donors (Lipinski definition) is 1. The van der Waals surface area contributed by atoms with E-state index in [0.29, 0.717) is 12.8 Å². The van der Waals surface area contributed by atoms with Crippen molar-refractivity contribution >= 4 is 29.5 Å². The first kappa shape index (κ1) is 24.7. The van der Waals surface area contributed by atoms with Gasteiger partial charge in [-0.2, -0.15) is 0 Å². The Morgan fingerprint density at radius 3 is 1.86 bits per heavy atom. The van der Waals surface area contributed by atoms with Crippen LogP contribution in [0.3, 0.4) is 0 Å². The summed E-state index contributed by atoms with van der Waals surface area (Å²) in [5.41, 5.74) is 2.12. The monoisotopic (exact) mass is 492 g/mol. The van der Waals surface area contributed by atoms with Gasteiger partial charge in [0.15, 0.2) is 0 Å². The van der Waals surface area contributed by atoms with E-state index < -0.39 is 13.9 Å². The van der Waals surface area contributed by atoms with Crippen molar-refractivity contribution in [2.24, 2.45) is 0 Å². The van der Waals surface area contributed by atoms with Gasteiger partial charge >= 0.3 is 0 Å². The minimum atomic E-state index is -2.81. The molecule has 0 unspecified atom stereocenters. The van der Waals surface area contributed by atoms with Crippen molar-refractivity contribution < 1.29 is 9.53 Å². The number of aliphatic hydroxyl groups is 1. The lowest BCUT2D eigenvalue weighted by molar-refractivity contribution is 0.0120. The summed E-state index contributed by atoms with van der Waals surface area (Å²) in [7, 11) is -2.81. The lowest BCUT2D eigenvalue weighted by atomic mass is 9.75. The molecule has 0 aromatic heterocycles. The summed E-state index contributed by atoms with van der Waals surface area (Å²) >= 11 is 0. The van der Waals surface area contributed by atoms with E-state index in [9.17, 15) is 5.11 Å². The highest BCUT2D eigenvalue weighted by molar-refractivity contribution is 6.99. The van der Waals surface area contributed by atoms with Crippen LogP contribution in [0.15, 0.2) is 109 Å². The molecule has 5 rings (SSSR count). The molecule has 0 spiro atoms. The number of fused-ring (bicyclic) bond motifs is 2. The molecule has 0 fully saturated rings. The van der Waals surface area contributed by atoms with E-state index >= 15 is 0 Å². The van der Waals surface area contributed by atoms with Crippen LogP contribution in [0.4, 0.5) is 0 Å². The van der Waals surface area contributed by atoms with Crippen molar-refractivity contribution in [3.8, 4) is 0 Å². The molecule has 2 nitrogen and oxygen atoms in total. The molecule has 1 N–H and O–H groups in total. The summed E-state index contributed by atoms with van der Waals surface area (Å²) in [6.45, 7) is 13.0. The van der Waals surface area contributed by atoms with Crippen molar-refractivity contribution in [1.82, 2.24) is 0 Å². The van der Waals surface area contributed by atoms with Gasteiger partial charge in [0.25, 0.3) is 8.32 Å². The third kappa shape index (κ3) is 4.15. The highest BCUT2D eigenvalue weighted by Crippen LogP contribution is 2.47. The molecule has 184 valence electrons. The highest BCUT2D eigenvalue weighted by Gasteiger charge is 2.53. The molecule has 0 radical (unpaired) electrons. The fraction of sp³-hybridized carbons (Fsp3) is 0.273. The lowest BCUT2D eigenvalue weighted by Gasteiger charge is -2.48. The lowest BCUT2D eigenvalue weighted by Crippen LogP contribution is -2.67. The van der Waals surface area contributed by atoms with Gasteiger partial charge in [-0.05, 0) is 55.9 Å². The number of rotatable bonds is 5. The van der Waals surface area contributed by atoms with Crippen LogP contribution >= 0.6 is 0 Å². The van der Waals surface area contributed by atoms with Crippen LogP contribution in [0, 0.1) is 0 Å². The molecular formula is C33H36O2Si. The van der Waals surface area contributed by atoms with Crippen LogP contribution in [0.5, 0.6) is 0 Å². The Balaban J connectivity index is 1.75. The van der Waals surface area contributed by atoms with Gasteiger partial charge in [0.2, 0.25) is 0 Å². The molecule has 0 heterocycles. The van der Waals surface area contributed by atoms with Gasteiger partial charge in [0.1, 0.15) is 0 Å². The van der Waals surface area contributed by atoms with Crippen LogP contribution in [-0.2, 0) is 10.8 Å². The van der Waals surface area contributed by atoms with Gasteiger partial charge in [-0.1, -0.05) is 118 Å². The molecule has 4 aromatic rings. The van der Waals surface area contributed by atoms with E-state index in [2.05, 4.69) is 124 Å². The molecule has 1 aliphatic rings. The average molecular weight is 493 g/mol. The molecule has 1 aliphatic carbocycles. The summed E-state index contributed by atoms with van der Waals surface area (Å²) in [5, 5.41) is 16.5. The fourth-order valence-electron chi connectivity index (χ4n) is 5.90. The smallest absolute Gasteiger partial charge is 0.261 e. The van der Waals surface area contributed by atoms with Crippen LogP contribution in [0.1, 0.15) is 51.3 Å². The zero-order valence-electron chi connectivity index (χ0n) is 21.8. The first-order valence-electron chi connectivity index (χ1n) is 12.8. The van der Waals surface area contributed by atoms with E-state index in [1.165, 1.54) is 26.7 Å². The third-order valence-electron chi connectivity index (χ3n) is 7.89. The maximum atomic E-state index is 11.8. The number of benzene rings is 4. The Morgan fingerprint density at radius 1 is 0.861 bits per heavy atom. The Bertz CT molecular complexity index is 1350. The Hall–Kier alpha value is -2.98. The average Bonchev–Trinajstić information content (AvgIpc) is 2.86. The van der Waals surface area contributed by atoms with Crippen LogP contribution in [-0.4, -0.2) is 19.0 Å². The van der Waals surface area contributed by atoms with Gasteiger partial charge in [-0.3, -0.25) is 0 Å². The first-order valence-corrected chi connectivity index (χ1v) is 14.7. The molecule has 36 heavy (non-hydrogen) atoms. The van der Waals surface area contributed by atoms with Gasteiger partial charge in [0.05, 0.1) is 11.7 Å². The zero-order chi connectivity index (χ0) is 25.6. The first-order chi connectivity index (χ1) is 17.1. The van der Waals surface area contributed by atoms with E-state index in [0.717, 1.165) is 11.1 Å². The minimum Gasteiger partial charge on any atom is -0.400 e. The fourth-order valence-corrected chi connectivity index (χ4v) is 10.5. The molecule has 3 heteroatoms. The third-order valence-corrected chi connectivity index (χ3v) is 12.9. The van der Waals surface area contributed by atoms with Crippen molar-refractivity contribution in [2.45, 2.75) is 57.3 Å². The second-order valence-corrected chi connectivity index (χ2v) is 15.6. The predicted octanol–water partition coefficient (Wildman–Crippen LogP) is 6.71. The molecule has 0 aliphatic heterocycles. The summed E-state index contributed by atoms with van der Waals surface area (Å²) in [4.78, 5) is 0. The van der Waals surface area contributed by atoms with Crippen molar-refractivity contribution in [1.29, 1.82) is 0 Å². The quantitative estimate of drug-likeness (QED) is 0.248. The molecular weight excluding hydrogens is 456 g/mol. The Morgan fingerprint density at radius 2 is 1.36 bits per heavy atom. The summed E-state index contributed by atoms with van der Waals surface area (Å²) < 4.78 is 7.57. The maximum absolute atomic E-state index is 11.8. The Kier molecular flexibility index (Phi) is 6.28. The van der Waals surface area contributed by atoms with Crippen molar-refractivity contribution in [2.75, 3.05) is 0 Å². The summed E-state index contributed by atoms with van der Waals surface area (Å²) in [6, 6.07) is 34.4. The highest BCUT2D eigenvalue weighted by atomic mass is 28.4. The standard InChI is InChI=1S/C33H36O2Si/c1-24(2)33(34)22-27-20-25-14-12-13-15-26(25)21-30(27)31(23-33)35-36(32(3,4)5,28-16-8-6-9-17-28)29-18-10-7-11-19-29/h6-21,31,34H,1,22-23H2,2-5H3/t31-,33-/m0/s1. The second-order valence-electron chi connectivity index (χ2n) is 11.4. The topological polar surface area (TPSA) is 29.5 Å². The van der Waals surface area contributed by atoms with Crippen molar-refractivity contribution in [3.05, 3.63) is 120 Å². The van der Waals surface area contributed by atoms with Gasteiger partial charge in [-0.25, -0.2) is 0 Å². The van der Waals surface area contributed by atoms with E-state index in [1.807, 2.05) is 6.92 Å². The minimum absolute atomic E-state index is 0.147. The zero-order valence-corrected chi connectivity index (χ0v) is 22.8. The maximum Gasteiger partial charge on any atom is 0.261 e. The van der Waals surface area contributed by atoms with Crippen LogP contribution < -0.4 is 10.4 Å². The van der Waals surface area contributed by atoms with E-state index in [4.69, 9.17) is 4.43 Å². The Labute approximate surface area is 216 Å². The largest absolute Gasteiger partial charge is 0.400 e. The molecule has 2 atom stereocenters. The molecule has 0 saturated carbocycles. The summed E-state index contributed by atoms with van der Waals surface area (Å²) in [6.07, 6.45) is 0.799. The summed E-state index contributed by atoms with van der Waals surface area (Å²) in [5.74, 6) is 0. The van der Waals surface area contributed by atoms with E-state index in [1.54, 1.807) is 0 Å². The van der Waals surface area contributed by atoms with Crippen LogP contribution in [0.25, 0.3) is 10.8 Å². The van der Waals surface area contributed by atoms with Gasteiger partial charge < -0.3 is 9.53 Å². The van der Waals surface area contributed by atoms with Crippen LogP contribution in [0.2, 0.25) is 5.04 Å². The number of hydrogen-bond acceptors (Lipinski definition) is 2. The van der Waals surface area contributed by atoms with Gasteiger partial charge in [-0.15, -0.1) is 0 Å². The molecule has 0 bridgehead atoms. The second kappa shape index (κ2) is 9.15. The predicted molar refractivity (Wildman–Crippen MR) is 153 cm³/mol.